The predicted molar refractivity (Wildman–Crippen MR) is 68.2 cm³/mol. The number of hydrogen-bond donors (Lipinski definition) is 1. The van der Waals surface area contributed by atoms with Crippen LogP contribution in [0, 0.1) is 0 Å². The molecule has 0 radical (unpaired) electrons. The molecule has 0 aromatic heterocycles. The maximum Gasteiger partial charge on any atom is 0.387 e. The third kappa shape index (κ3) is 5.18. The Morgan fingerprint density at radius 1 is 1.32 bits per heavy atom. The Labute approximate surface area is 115 Å². The molecule has 108 valence electrons. The molecule has 1 aromatic rings. The number of benzene rings is 1. The molecular formula is C12H16ClF2NO3. The summed E-state index contributed by atoms with van der Waals surface area (Å²) in [5.74, 6) is 0.170. The summed E-state index contributed by atoms with van der Waals surface area (Å²) in [6, 6.07) is 2.99. The highest BCUT2D eigenvalue weighted by Gasteiger charge is 2.16. The van der Waals surface area contributed by atoms with Crippen molar-refractivity contribution in [2.24, 2.45) is 0 Å². The van der Waals surface area contributed by atoms with Crippen LogP contribution in [-0.2, 0) is 11.3 Å². The SMILES string of the molecule is COCCNCc1cc(Cl)cc(OC)c1OC(F)F. The monoisotopic (exact) mass is 295 g/mol. The largest absolute Gasteiger partial charge is 0.493 e. The molecule has 0 aliphatic rings. The molecule has 1 aromatic carbocycles. The van der Waals surface area contributed by atoms with Crippen LogP contribution < -0.4 is 14.8 Å². The quantitative estimate of drug-likeness (QED) is 0.749. The summed E-state index contributed by atoms with van der Waals surface area (Å²) < 4.78 is 39.2. The van der Waals surface area contributed by atoms with Crippen molar-refractivity contribution in [3.8, 4) is 11.5 Å². The van der Waals surface area contributed by atoms with Gasteiger partial charge in [-0.15, -0.1) is 0 Å². The fourth-order valence-corrected chi connectivity index (χ4v) is 1.76. The van der Waals surface area contributed by atoms with Crippen LogP contribution in [0.15, 0.2) is 12.1 Å². The van der Waals surface area contributed by atoms with E-state index in [1.807, 2.05) is 0 Å². The molecule has 1 rings (SSSR count). The lowest BCUT2D eigenvalue weighted by Gasteiger charge is -2.15. The number of rotatable bonds is 8. The first kappa shape index (κ1) is 15.9. The maximum atomic E-state index is 12.4. The van der Waals surface area contributed by atoms with Gasteiger partial charge in [-0.05, 0) is 6.07 Å². The van der Waals surface area contributed by atoms with Crippen molar-refractivity contribution in [2.75, 3.05) is 27.4 Å². The van der Waals surface area contributed by atoms with Gasteiger partial charge in [-0.3, -0.25) is 0 Å². The Hall–Kier alpha value is -1.11. The zero-order valence-corrected chi connectivity index (χ0v) is 11.5. The highest BCUT2D eigenvalue weighted by Crippen LogP contribution is 2.35. The van der Waals surface area contributed by atoms with Gasteiger partial charge in [0.2, 0.25) is 0 Å². The summed E-state index contributed by atoms with van der Waals surface area (Å²) in [7, 11) is 2.95. The van der Waals surface area contributed by atoms with Gasteiger partial charge in [-0.25, -0.2) is 0 Å². The fraction of sp³-hybridized carbons (Fsp3) is 0.500. The lowest BCUT2D eigenvalue weighted by atomic mass is 10.2. The zero-order chi connectivity index (χ0) is 14.3. The number of nitrogens with one attached hydrogen (secondary N) is 1. The Morgan fingerprint density at radius 2 is 2.05 bits per heavy atom. The standard InChI is InChI=1S/C12H16ClF2NO3/c1-17-4-3-16-7-8-5-9(13)6-10(18-2)11(8)19-12(14)15/h5-6,12,16H,3-4,7H2,1-2H3. The Bertz CT molecular complexity index is 405. The van der Waals surface area contributed by atoms with Crippen LogP contribution in [0.25, 0.3) is 0 Å². The molecule has 0 saturated heterocycles. The Balaban J connectivity index is 2.88. The van der Waals surface area contributed by atoms with E-state index in [4.69, 9.17) is 21.1 Å². The summed E-state index contributed by atoms with van der Waals surface area (Å²) in [5, 5.41) is 3.42. The zero-order valence-electron chi connectivity index (χ0n) is 10.7. The van der Waals surface area contributed by atoms with Gasteiger partial charge in [0.15, 0.2) is 11.5 Å². The molecule has 1 N–H and O–H groups in total. The number of alkyl halides is 2. The Morgan fingerprint density at radius 3 is 2.63 bits per heavy atom. The average Bonchev–Trinajstić information content (AvgIpc) is 2.36. The number of halogens is 3. The van der Waals surface area contributed by atoms with Gasteiger partial charge in [0.25, 0.3) is 0 Å². The van der Waals surface area contributed by atoms with E-state index >= 15 is 0 Å². The first-order chi connectivity index (χ1) is 9.08. The molecule has 0 heterocycles. The number of methoxy groups -OCH3 is 2. The second-order valence-electron chi connectivity index (χ2n) is 3.64. The lowest BCUT2D eigenvalue weighted by molar-refractivity contribution is -0.0518. The fourth-order valence-electron chi connectivity index (χ4n) is 1.53. The topological polar surface area (TPSA) is 39.7 Å². The van der Waals surface area contributed by atoms with E-state index in [1.54, 1.807) is 13.2 Å². The number of hydrogen-bond acceptors (Lipinski definition) is 4. The Kier molecular flexibility index (Phi) is 6.83. The highest BCUT2D eigenvalue weighted by molar-refractivity contribution is 6.30. The molecule has 7 heteroatoms. The lowest BCUT2D eigenvalue weighted by Crippen LogP contribution is -2.19. The van der Waals surface area contributed by atoms with Gasteiger partial charge < -0.3 is 19.5 Å². The molecule has 0 aliphatic carbocycles. The minimum atomic E-state index is -2.92. The van der Waals surface area contributed by atoms with Crippen molar-refractivity contribution in [2.45, 2.75) is 13.2 Å². The molecule has 0 saturated carbocycles. The van der Waals surface area contributed by atoms with Crippen molar-refractivity contribution >= 4 is 11.6 Å². The van der Waals surface area contributed by atoms with Gasteiger partial charge in [-0.2, -0.15) is 8.78 Å². The van der Waals surface area contributed by atoms with Crippen LogP contribution in [0.2, 0.25) is 5.02 Å². The van der Waals surface area contributed by atoms with Crippen LogP contribution in [0.3, 0.4) is 0 Å². The molecular weight excluding hydrogens is 280 g/mol. The van der Waals surface area contributed by atoms with E-state index in [1.165, 1.54) is 13.2 Å². The van der Waals surface area contributed by atoms with Gasteiger partial charge in [0.05, 0.1) is 13.7 Å². The van der Waals surface area contributed by atoms with Crippen molar-refractivity contribution < 1.29 is 23.0 Å². The van der Waals surface area contributed by atoms with E-state index in [0.717, 1.165) is 0 Å². The smallest absolute Gasteiger partial charge is 0.387 e. The summed E-state index contributed by atoms with van der Waals surface area (Å²) in [6.45, 7) is -1.50. The maximum absolute atomic E-state index is 12.4. The van der Waals surface area contributed by atoms with E-state index in [2.05, 4.69) is 10.1 Å². The van der Waals surface area contributed by atoms with Crippen LogP contribution in [-0.4, -0.2) is 34.0 Å². The minimum Gasteiger partial charge on any atom is -0.493 e. The summed E-state index contributed by atoms with van der Waals surface area (Å²) in [6.07, 6.45) is 0. The third-order valence-corrected chi connectivity index (χ3v) is 2.54. The van der Waals surface area contributed by atoms with Crippen LogP contribution in [0.4, 0.5) is 8.78 Å². The highest BCUT2D eigenvalue weighted by atomic mass is 35.5. The molecule has 4 nitrogen and oxygen atoms in total. The van der Waals surface area contributed by atoms with Crippen molar-refractivity contribution in [1.82, 2.24) is 5.32 Å². The van der Waals surface area contributed by atoms with Crippen LogP contribution in [0.5, 0.6) is 11.5 Å². The molecule has 0 unspecified atom stereocenters. The van der Waals surface area contributed by atoms with Crippen LogP contribution in [0.1, 0.15) is 5.56 Å². The molecule has 0 fully saturated rings. The molecule has 0 spiro atoms. The van der Waals surface area contributed by atoms with E-state index in [0.29, 0.717) is 30.3 Å². The van der Waals surface area contributed by atoms with Gasteiger partial charge >= 0.3 is 6.61 Å². The van der Waals surface area contributed by atoms with Crippen molar-refractivity contribution in [3.05, 3.63) is 22.7 Å². The second-order valence-corrected chi connectivity index (χ2v) is 4.08. The van der Waals surface area contributed by atoms with Gasteiger partial charge in [-0.1, -0.05) is 11.6 Å². The summed E-state index contributed by atoms with van der Waals surface area (Å²) in [4.78, 5) is 0. The molecule has 0 bridgehead atoms. The third-order valence-electron chi connectivity index (χ3n) is 2.32. The summed E-state index contributed by atoms with van der Waals surface area (Å²) in [5.41, 5.74) is 0.501. The van der Waals surface area contributed by atoms with E-state index in [-0.39, 0.29) is 11.5 Å². The van der Waals surface area contributed by atoms with Crippen molar-refractivity contribution in [1.29, 1.82) is 0 Å². The van der Waals surface area contributed by atoms with Crippen LogP contribution >= 0.6 is 11.6 Å². The first-order valence-electron chi connectivity index (χ1n) is 5.59. The van der Waals surface area contributed by atoms with Gasteiger partial charge in [0, 0.05) is 36.9 Å². The molecule has 0 atom stereocenters. The summed E-state index contributed by atoms with van der Waals surface area (Å²) >= 11 is 5.90. The minimum absolute atomic E-state index is 0.00758. The second kappa shape index (κ2) is 8.14. The molecule has 0 amide bonds. The van der Waals surface area contributed by atoms with E-state index in [9.17, 15) is 8.78 Å². The van der Waals surface area contributed by atoms with E-state index < -0.39 is 6.61 Å². The first-order valence-corrected chi connectivity index (χ1v) is 5.97. The van der Waals surface area contributed by atoms with Crippen molar-refractivity contribution in [3.63, 3.8) is 0 Å². The molecule has 0 aliphatic heterocycles. The van der Waals surface area contributed by atoms with Gasteiger partial charge in [0.1, 0.15) is 0 Å². The normalized spacial score (nSPS) is 10.8. The molecule has 19 heavy (non-hydrogen) atoms. The average molecular weight is 296 g/mol. The predicted octanol–water partition coefficient (Wildman–Crippen LogP) is 2.69. The number of ether oxygens (including phenoxy) is 3.